The lowest BCUT2D eigenvalue weighted by Crippen LogP contribution is -2.02. The van der Waals surface area contributed by atoms with Crippen molar-refractivity contribution in [2.45, 2.75) is 19.4 Å². The third-order valence-electron chi connectivity index (χ3n) is 4.16. The van der Waals surface area contributed by atoms with Crippen LogP contribution in [0, 0.1) is 0 Å². The summed E-state index contributed by atoms with van der Waals surface area (Å²) in [6, 6.07) is 23.2. The molecule has 0 radical (unpaired) electrons. The Hall–Kier alpha value is -2.59. The molecule has 0 bridgehead atoms. The van der Waals surface area contributed by atoms with E-state index in [4.69, 9.17) is 9.84 Å². The Morgan fingerprint density at radius 1 is 0.846 bits per heavy atom. The molecule has 0 fully saturated rings. The standard InChI is InChI=1S/C22H19BrO3/c23-20-8-4-7-18(12-9-16-5-2-1-3-6-16)21(20)26-15-17-10-13-19(14-11-17)22(24)25/h1-8,10-11,13-14H,9,12,15H2,(H,24,25). The number of halogens is 1. The normalized spacial score (nSPS) is 10.5. The van der Waals surface area contributed by atoms with E-state index in [9.17, 15) is 4.79 Å². The van der Waals surface area contributed by atoms with Crippen molar-refractivity contribution in [1.82, 2.24) is 0 Å². The molecule has 0 unspecified atom stereocenters. The number of benzene rings is 3. The lowest BCUT2D eigenvalue weighted by atomic mass is 10.0. The number of carboxylic acid groups (broad SMARTS) is 1. The lowest BCUT2D eigenvalue weighted by molar-refractivity contribution is 0.0697. The zero-order chi connectivity index (χ0) is 18.4. The molecule has 3 aromatic carbocycles. The molecule has 0 aliphatic heterocycles. The molecule has 0 atom stereocenters. The number of aromatic carboxylic acids is 1. The van der Waals surface area contributed by atoms with E-state index >= 15 is 0 Å². The number of hydrogen-bond acceptors (Lipinski definition) is 2. The van der Waals surface area contributed by atoms with E-state index < -0.39 is 5.97 Å². The van der Waals surface area contributed by atoms with E-state index in [0.29, 0.717) is 6.61 Å². The number of rotatable bonds is 7. The molecule has 132 valence electrons. The van der Waals surface area contributed by atoms with Gasteiger partial charge < -0.3 is 9.84 Å². The molecule has 0 heterocycles. The van der Waals surface area contributed by atoms with Crippen LogP contribution in [-0.2, 0) is 19.4 Å². The topological polar surface area (TPSA) is 46.5 Å². The molecule has 3 rings (SSSR count). The van der Waals surface area contributed by atoms with Crippen molar-refractivity contribution in [3.05, 3.63) is 99.5 Å². The second-order valence-electron chi connectivity index (χ2n) is 6.00. The lowest BCUT2D eigenvalue weighted by Gasteiger charge is -2.14. The second-order valence-corrected chi connectivity index (χ2v) is 6.86. The summed E-state index contributed by atoms with van der Waals surface area (Å²) in [7, 11) is 0. The Balaban J connectivity index is 1.69. The van der Waals surface area contributed by atoms with Crippen LogP contribution in [-0.4, -0.2) is 11.1 Å². The van der Waals surface area contributed by atoms with Gasteiger partial charge in [0.25, 0.3) is 0 Å². The maximum absolute atomic E-state index is 10.9. The first kappa shape index (κ1) is 18.2. The Labute approximate surface area is 161 Å². The van der Waals surface area contributed by atoms with Crippen molar-refractivity contribution >= 4 is 21.9 Å². The van der Waals surface area contributed by atoms with Crippen LogP contribution in [0.25, 0.3) is 0 Å². The minimum atomic E-state index is -0.925. The molecule has 4 heteroatoms. The van der Waals surface area contributed by atoms with Crippen LogP contribution in [0.15, 0.2) is 77.3 Å². The summed E-state index contributed by atoms with van der Waals surface area (Å²) >= 11 is 3.57. The number of ether oxygens (including phenoxy) is 1. The van der Waals surface area contributed by atoms with Gasteiger partial charge in [-0.1, -0.05) is 54.6 Å². The molecule has 0 saturated carbocycles. The summed E-state index contributed by atoms with van der Waals surface area (Å²) in [4.78, 5) is 10.9. The molecular weight excluding hydrogens is 392 g/mol. The third kappa shape index (κ3) is 4.73. The smallest absolute Gasteiger partial charge is 0.335 e. The molecule has 0 aliphatic rings. The molecule has 26 heavy (non-hydrogen) atoms. The molecule has 3 nitrogen and oxygen atoms in total. The van der Waals surface area contributed by atoms with Crippen LogP contribution in [0.4, 0.5) is 0 Å². The predicted octanol–water partition coefficient (Wildman–Crippen LogP) is 5.51. The van der Waals surface area contributed by atoms with Gasteiger partial charge in [-0.3, -0.25) is 0 Å². The zero-order valence-electron chi connectivity index (χ0n) is 14.2. The zero-order valence-corrected chi connectivity index (χ0v) is 15.8. The maximum atomic E-state index is 10.9. The van der Waals surface area contributed by atoms with Crippen LogP contribution < -0.4 is 4.74 Å². The Bertz CT molecular complexity index is 874. The summed E-state index contributed by atoms with van der Waals surface area (Å²) < 4.78 is 6.97. The minimum absolute atomic E-state index is 0.276. The fourth-order valence-electron chi connectivity index (χ4n) is 2.73. The van der Waals surface area contributed by atoms with Crippen LogP contribution in [0.1, 0.15) is 27.0 Å². The monoisotopic (exact) mass is 410 g/mol. The number of carboxylic acids is 1. The third-order valence-corrected chi connectivity index (χ3v) is 4.78. The number of carbonyl (C=O) groups is 1. The van der Waals surface area contributed by atoms with E-state index in [2.05, 4.69) is 46.3 Å². The molecule has 0 saturated heterocycles. The van der Waals surface area contributed by atoms with Gasteiger partial charge in [0.15, 0.2) is 0 Å². The quantitative estimate of drug-likeness (QED) is 0.558. The van der Waals surface area contributed by atoms with Crippen LogP contribution in [0.3, 0.4) is 0 Å². The molecular formula is C22H19BrO3. The number of aryl methyl sites for hydroxylation is 2. The molecule has 0 aliphatic carbocycles. The Kier molecular flexibility index (Phi) is 6.08. The molecule has 0 aromatic heterocycles. The van der Waals surface area contributed by atoms with Crippen molar-refractivity contribution in [3.63, 3.8) is 0 Å². The molecule has 0 amide bonds. The van der Waals surface area contributed by atoms with Crippen molar-refractivity contribution < 1.29 is 14.6 Å². The van der Waals surface area contributed by atoms with Gasteiger partial charge >= 0.3 is 5.97 Å². The summed E-state index contributed by atoms with van der Waals surface area (Å²) in [5.41, 5.74) is 3.64. The minimum Gasteiger partial charge on any atom is -0.487 e. The first-order valence-corrected chi connectivity index (χ1v) is 9.19. The average Bonchev–Trinajstić information content (AvgIpc) is 2.67. The fraction of sp³-hybridized carbons (Fsp3) is 0.136. The van der Waals surface area contributed by atoms with Gasteiger partial charge in [0.05, 0.1) is 10.0 Å². The predicted molar refractivity (Wildman–Crippen MR) is 106 cm³/mol. The van der Waals surface area contributed by atoms with Crippen molar-refractivity contribution in [2.75, 3.05) is 0 Å². The highest BCUT2D eigenvalue weighted by atomic mass is 79.9. The van der Waals surface area contributed by atoms with Gasteiger partial charge in [0, 0.05) is 0 Å². The molecule has 0 spiro atoms. The van der Waals surface area contributed by atoms with Gasteiger partial charge in [-0.2, -0.15) is 0 Å². The van der Waals surface area contributed by atoms with E-state index in [1.54, 1.807) is 24.3 Å². The Morgan fingerprint density at radius 2 is 1.58 bits per heavy atom. The highest BCUT2D eigenvalue weighted by Gasteiger charge is 2.09. The van der Waals surface area contributed by atoms with E-state index in [-0.39, 0.29) is 5.56 Å². The summed E-state index contributed by atoms with van der Waals surface area (Å²) in [6.07, 6.45) is 1.83. The number of hydrogen-bond donors (Lipinski definition) is 1. The average molecular weight is 411 g/mol. The first-order chi connectivity index (χ1) is 12.6. The van der Waals surface area contributed by atoms with Gasteiger partial charge in [-0.05, 0) is 63.7 Å². The van der Waals surface area contributed by atoms with Crippen LogP contribution in [0.2, 0.25) is 0 Å². The van der Waals surface area contributed by atoms with Crippen molar-refractivity contribution in [3.8, 4) is 5.75 Å². The largest absolute Gasteiger partial charge is 0.487 e. The van der Waals surface area contributed by atoms with E-state index in [1.807, 2.05) is 18.2 Å². The first-order valence-electron chi connectivity index (χ1n) is 8.40. The van der Waals surface area contributed by atoms with Crippen LogP contribution >= 0.6 is 15.9 Å². The Morgan fingerprint density at radius 3 is 2.27 bits per heavy atom. The van der Waals surface area contributed by atoms with E-state index in [1.165, 1.54) is 5.56 Å². The van der Waals surface area contributed by atoms with Crippen molar-refractivity contribution in [2.24, 2.45) is 0 Å². The van der Waals surface area contributed by atoms with Gasteiger partial charge in [0.1, 0.15) is 12.4 Å². The highest BCUT2D eigenvalue weighted by molar-refractivity contribution is 9.10. The molecule has 1 N–H and O–H groups in total. The van der Waals surface area contributed by atoms with Gasteiger partial charge in [-0.25, -0.2) is 4.79 Å². The van der Waals surface area contributed by atoms with Crippen LogP contribution in [0.5, 0.6) is 5.75 Å². The SMILES string of the molecule is O=C(O)c1ccc(COc2c(Br)cccc2CCc2ccccc2)cc1. The van der Waals surface area contributed by atoms with E-state index in [0.717, 1.165) is 34.2 Å². The molecule has 3 aromatic rings. The number of para-hydroxylation sites is 1. The summed E-state index contributed by atoms with van der Waals surface area (Å²) in [5.74, 6) is -0.0859. The summed E-state index contributed by atoms with van der Waals surface area (Å²) in [5, 5.41) is 8.97. The second kappa shape index (κ2) is 8.68. The van der Waals surface area contributed by atoms with Crippen molar-refractivity contribution in [1.29, 1.82) is 0 Å². The van der Waals surface area contributed by atoms with Gasteiger partial charge in [-0.15, -0.1) is 0 Å². The fourth-order valence-corrected chi connectivity index (χ4v) is 3.26. The maximum Gasteiger partial charge on any atom is 0.335 e. The van der Waals surface area contributed by atoms with Gasteiger partial charge in [0.2, 0.25) is 0 Å². The highest BCUT2D eigenvalue weighted by Crippen LogP contribution is 2.31. The summed E-state index contributed by atoms with van der Waals surface area (Å²) in [6.45, 7) is 0.390.